The van der Waals surface area contributed by atoms with Gasteiger partial charge in [-0.25, -0.2) is 4.79 Å². The average Bonchev–Trinajstić information content (AvgIpc) is 3.02. The number of benzene rings is 3. The van der Waals surface area contributed by atoms with Gasteiger partial charge in [0.1, 0.15) is 5.76 Å². The zero-order valence-electron chi connectivity index (χ0n) is 14.5. The maximum absolute atomic E-state index is 12.2. The van der Waals surface area contributed by atoms with Crippen LogP contribution in [0, 0.1) is 17.0 Å². The molecule has 1 heterocycles. The lowest BCUT2D eigenvalue weighted by atomic mass is 10.0. The molecule has 0 saturated carbocycles. The summed E-state index contributed by atoms with van der Waals surface area (Å²) < 4.78 is 5.39. The molecule has 0 aliphatic carbocycles. The van der Waals surface area contributed by atoms with Gasteiger partial charge in [-0.2, -0.15) is 0 Å². The van der Waals surface area contributed by atoms with Crippen LogP contribution >= 0.6 is 0 Å². The van der Waals surface area contributed by atoms with E-state index >= 15 is 0 Å². The molecule has 0 saturated heterocycles. The molecule has 0 bridgehead atoms. The summed E-state index contributed by atoms with van der Waals surface area (Å²) in [5, 5.41) is 13.3. The van der Waals surface area contributed by atoms with Crippen molar-refractivity contribution in [3.05, 3.63) is 99.1 Å². The second kappa shape index (κ2) is 6.53. The molecule has 0 radical (unpaired) electrons. The Morgan fingerprint density at radius 1 is 1.00 bits per heavy atom. The van der Waals surface area contributed by atoms with E-state index in [-0.39, 0.29) is 11.3 Å². The molecule has 0 N–H and O–H groups in total. The quantitative estimate of drug-likeness (QED) is 0.285. The summed E-state index contributed by atoms with van der Waals surface area (Å²) in [6.07, 6.45) is 3.10. The van der Waals surface area contributed by atoms with Gasteiger partial charge in [-0.1, -0.05) is 48.0 Å². The lowest BCUT2D eigenvalue weighted by molar-refractivity contribution is -0.385. The van der Waals surface area contributed by atoms with Crippen molar-refractivity contribution < 1.29 is 14.5 Å². The third kappa shape index (κ3) is 3.22. The molecule has 0 atom stereocenters. The van der Waals surface area contributed by atoms with E-state index in [4.69, 9.17) is 4.74 Å². The van der Waals surface area contributed by atoms with Crippen molar-refractivity contribution in [1.29, 1.82) is 0 Å². The number of nitro benzene ring substituents is 1. The van der Waals surface area contributed by atoms with Crippen LogP contribution in [0.1, 0.15) is 16.7 Å². The van der Waals surface area contributed by atoms with Crippen molar-refractivity contribution >= 4 is 34.3 Å². The summed E-state index contributed by atoms with van der Waals surface area (Å²) in [5.41, 5.74) is 2.55. The van der Waals surface area contributed by atoms with Crippen LogP contribution in [-0.4, -0.2) is 10.9 Å². The number of esters is 1. The van der Waals surface area contributed by atoms with Crippen LogP contribution in [0.2, 0.25) is 0 Å². The minimum atomic E-state index is -0.521. The largest absolute Gasteiger partial charge is 0.422 e. The van der Waals surface area contributed by atoms with Crippen LogP contribution in [0.5, 0.6) is 0 Å². The number of fused-ring (bicyclic) bond motifs is 1. The first-order chi connectivity index (χ1) is 13.0. The monoisotopic (exact) mass is 357 g/mol. The molecule has 0 spiro atoms. The number of carbonyl (C=O) groups excluding carboxylic acids is 1. The highest BCUT2D eigenvalue weighted by Gasteiger charge is 2.23. The summed E-state index contributed by atoms with van der Waals surface area (Å²) in [7, 11) is 0. The normalized spacial score (nSPS) is 15.1. The maximum Gasteiger partial charge on any atom is 0.343 e. The number of hydrogen-bond donors (Lipinski definition) is 0. The fourth-order valence-corrected chi connectivity index (χ4v) is 3.09. The number of ether oxygens (including phenoxy) is 1. The smallest absolute Gasteiger partial charge is 0.343 e. The van der Waals surface area contributed by atoms with E-state index in [1.54, 1.807) is 24.3 Å². The molecule has 4 rings (SSSR count). The molecular formula is C22H15NO4. The Labute approximate surface area is 155 Å². The summed E-state index contributed by atoms with van der Waals surface area (Å²) >= 11 is 0. The number of cyclic esters (lactones) is 1. The Hall–Kier alpha value is -3.73. The third-order valence-corrected chi connectivity index (χ3v) is 4.45. The van der Waals surface area contributed by atoms with E-state index in [2.05, 4.69) is 6.07 Å². The van der Waals surface area contributed by atoms with Gasteiger partial charge in [-0.05, 0) is 42.0 Å². The first-order valence-corrected chi connectivity index (χ1v) is 8.41. The van der Waals surface area contributed by atoms with Crippen LogP contribution in [0.3, 0.4) is 0 Å². The van der Waals surface area contributed by atoms with Gasteiger partial charge in [0.05, 0.1) is 16.1 Å². The third-order valence-electron chi connectivity index (χ3n) is 4.45. The molecule has 0 unspecified atom stereocenters. The molecular weight excluding hydrogens is 342 g/mol. The predicted molar refractivity (Wildman–Crippen MR) is 104 cm³/mol. The SMILES string of the molecule is Cc1ccc2cc(C3=CC(=Cc4ccccc4[N+](=O)[O-])C(=O)O3)ccc2c1. The zero-order valence-corrected chi connectivity index (χ0v) is 14.5. The van der Waals surface area contributed by atoms with Gasteiger partial charge in [0.2, 0.25) is 0 Å². The van der Waals surface area contributed by atoms with E-state index in [0.717, 1.165) is 16.3 Å². The van der Waals surface area contributed by atoms with Crippen LogP contribution in [-0.2, 0) is 9.53 Å². The highest BCUT2D eigenvalue weighted by Crippen LogP contribution is 2.31. The van der Waals surface area contributed by atoms with Gasteiger partial charge in [0.25, 0.3) is 5.69 Å². The molecule has 1 aliphatic heterocycles. The standard InChI is InChI=1S/C22H15NO4/c1-14-6-7-16-11-18(9-8-15(16)10-14)21-13-19(22(24)27-21)12-17-4-2-3-5-20(17)23(25)26/h2-13H,1H3. The van der Waals surface area contributed by atoms with Gasteiger partial charge in [0, 0.05) is 11.6 Å². The molecule has 3 aromatic carbocycles. The van der Waals surface area contributed by atoms with Crippen molar-refractivity contribution in [2.75, 3.05) is 0 Å². The van der Waals surface area contributed by atoms with Gasteiger partial charge in [0.15, 0.2) is 0 Å². The zero-order chi connectivity index (χ0) is 19.0. The Balaban J connectivity index is 1.73. The fraction of sp³-hybridized carbons (Fsp3) is 0.0455. The van der Waals surface area contributed by atoms with Crippen molar-refractivity contribution in [2.24, 2.45) is 0 Å². The van der Waals surface area contributed by atoms with E-state index in [1.165, 1.54) is 17.7 Å². The number of nitro groups is 1. The first kappa shape index (κ1) is 16.7. The molecule has 132 valence electrons. The fourth-order valence-electron chi connectivity index (χ4n) is 3.09. The minimum absolute atomic E-state index is 0.0549. The van der Waals surface area contributed by atoms with Crippen LogP contribution in [0.25, 0.3) is 22.6 Å². The van der Waals surface area contributed by atoms with Crippen molar-refractivity contribution in [2.45, 2.75) is 6.92 Å². The Morgan fingerprint density at radius 2 is 1.74 bits per heavy atom. The molecule has 5 nitrogen and oxygen atoms in total. The Morgan fingerprint density at radius 3 is 2.56 bits per heavy atom. The summed E-state index contributed by atoms with van der Waals surface area (Å²) in [4.78, 5) is 22.9. The predicted octanol–water partition coefficient (Wildman–Crippen LogP) is 5.04. The molecule has 3 aromatic rings. The number of hydrogen-bond acceptors (Lipinski definition) is 4. The highest BCUT2D eigenvalue weighted by atomic mass is 16.6. The number of para-hydroxylation sites is 1. The van der Waals surface area contributed by atoms with Gasteiger partial charge in [-0.15, -0.1) is 0 Å². The first-order valence-electron chi connectivity index (χ1n) is 8.41. The molecule has 27 heavy (non-hydrogen) atoms. The number of aryl methyl sites for hydroxylation is 1. The molecule has 1 aliphatic rings. The Bertz CT molecular complexity index is 1160. The van der Waals surface area contributed by atoms with Crippen molar-refractivity contribution in [3.63, 3.8) is 0 Å². The minimum Gasteiger partial charge on any atom is -0.422 e. The molecule has 0 aromatic heterocycles. The topological polar surface area (TPSA) is 69.4 Å². The van der Waals surface area contributed by atoms with E-state index in [1.807, 2.05) is 37.3 Å². The van der Waals surface area contributed by atoms with E-state index < -0.39 is 10.9 Å². The highest BCUT2D eigenvalue weighted by molar-refractivity contribution is 6.05. The van der Waals surface area contributed by atoms with Gasteiger partial charge >= 0.3 is 5.97 Å². The van der Waals surface area contributed by atoms with Crippen LogP contribution < -0.4 is 0 Å². The van der Waals surface area contributed by atoms with Crippen molar-refractivity contribution in [3.8, 4) is 0 Å². The Kier molecular flexibility index (Phi) is 4.05. The van der Waals surface area contributed by atoms with E-state index in [9.17, 15) is 14.9 Å². The maximum atomic E-state index is 12.2. The summed E-state index contributed by atoms with van der Waals surface area (Å²) in [6, 6.07) is 18.3. The second-order valence-corrected chi connectivity index (χ2v) is 6.38. The van der Waals surface area contributed by atoms with E-state index in [0.29, 0.717) is 11.3 Å². The lowest BCUT2D eigenvalue weighted by Crippen LogP contribution is -1.98. The summed E-state index contributed by atoms with van der Waals surface area (Å²) in [6.45, 7) is 2.04. The number of rotatable bonds is 3. The lowest BCUT2D eigenvalue weighted by Gasteiger charge is -2.05. The number of carbonyl (C=O) groups is 1. The van der Waals surface area contributed by atoms with Crippen molar-refractivity contribution in [1.82, 2.24) is 0 Å². The molecule has 5 heteroatoms. The van der Waals surface area contributed by atoms with Crippen LogP contribution in [0.4, 0.5) is 5.69 Å². The summed E-state index contributed by atoms with van der Waals surface area (Å²) in [5.74, 6) is -0.0838. The average molecular weight is 357 g/mol. The van der Waals surface area contributed by atoms with Gasteiger partial charge < -0.3 is 4.74 Å². The second-order valence-electron chi connectivity index (χ2n) is 6.38. The number of nitrogens with zero attached hydrogens (tertiary/aromatic N) is 1. The van der Waals surface area contributed by atoms with Gasteiger partial charge in [-0.3, -0.25) is 10.1 Å². The molecule has 0 fully saturated rings. The van der Waals surface area contributed by atoms with Crippen LogP contribution in [0.15, 0.2) is 72.3 Å². The molecule has 0 amide bonds.